The molecule has 0 aliphatic carbocycles. The van der Waals surface area contributed by atoms with Crippen LogP contribution >= 0.6 is 0 Å². The van der Waals surface area contributed by atoms with Gasteiger partial charge in [-0.25, -0.2) is 24.6 Å². The van der Waals surface area contributed by atoms with Gasteiger partial charge in [-0.15, -0.1) is 0 Å². The molecule has 2 rings (SSSR count). The van der Waals surface area contributed by atoms with Gasteiger partial charge in [0.2, 0.25) is 5.88 Å². The molecule has 1 aromatic carbocycles. The fourth-order valence-electron chi connectivity index (χ4n) is 1.14. The summed E-state index contributed by atoms with van der Waals surface area (Å²) in [5, 5.41) is 0. The first kappa shape index (κ1) is 11.2. The Kier molecular flexibility index (Phi) is 3.10. The molecular weight excluding hydrogens is 230 g/mol. The molecule has 1 aromatic heterocycles. The van der Waals surface area contributed by atoms with E-state index in [0.717, 1.165) is 18.2 Å². The molecule has 0 aliphatic rings. The van der Waals surface area contributed by atoms with Crippen LogP contribution in [0.5, 0.6) is 11.6 Å². The van der Waals surface area contributed by atoms with Crippen LogP contribution < -0.4 is 16.0 Å². The first-order chi connectivity index (χ1) is 8.19. The highest BCUT2D eigenvalue weighted by molar-refractivity contribution is 5.37. The second-order valence-corrected chi connectivity index (χ2v) is 3.06. The standard InChI is InChI=1S/C10H8F2N4O/c11-6-1-2-7(12)8(3-6)17-10-4-9(16-13)14-5-15-10/h1-5H,13H2,(H,14,15,16). The number of anilines is 1. The molecule has 0 amide bonds. The maximum absolute atomic E-state index is 13.3. The molecular formula is C10H8F2N4O. The molecule has 0 unspecified atom stereocenters. The lowest BCUT2D eigenvalue weighted by Crippen LogP contribution is -2.08. The second-order valence-electron chi connectivity index (χ2n) is 3.06. The third kappa shape index (κ3) is 2.64. The minimum atomic E-state index is -0.688. The quantitative estimate of drug-likeness (QED) is 0.630. The van der Waals surface area contributed by atoms with Crippen molar-refractivity contribution in [3.8, 4) is 11.6 Å². The van der Waals surface area contributed by atoms with Crippen molar-refractivity contribution in [2.45, 2.75) is 0 Å². The van der Waals surface area contributed by atoms with Crippen LogP contribution in [-0.4, -0.2) is 9.97 Å². The van der Waals surface area contributed by atoms with E-state index >= 15 is 0 Å². The SMILES string of the molecule is NNc1cc(Oc2cc(F)ccc2F)ncn1. The van der Waals surface area contributed by atoms with Gasteiger partial charge in [0.15, 0.2) is 11.6 Å². The molecule has 0 spiro atoms. The predicted octanol–water partition coefficient (Wildman–Crippen LogP) is 1.83. The van der Waals surface area contributed by atoms with E-state index in [2.05, 4.69) is 15.4 Å². The molecule has 0 saturated heterocycles. The maximum atomic E-state index is 13.3. The fraction of sp³-hybridized carbons (Fsp3) is 0. The summed E-state index contributed by atoms with van der Waals surface area (Å²) in [6, 6.07) is 4.24. The number of nitrogens with two attached hydrogens (primary N) is 1. The minimum absolute atomic E-state index is 0.0532. The Balaban J connectivity index is 2.27. The zero-order valence-electron chi connectivity index (χ0n) is 8.52. The van der Waals surface area contributed by atoms with Crippen LogP contribution in [-0.2, 0) is 0 Å². The Morgan fingerprint density at radius 2 is 2.00 bits per heavy atom. The van der Waals surface area contributed by atoms with E-state index in [9.17, 15) is 8.78 Å². The average molecular weight is 238 g/mol. The lowest BCUT2D eigenvalue weighted by molar-refractivity contribution is 0.422. The van der Waals surface area contributed by atoms with E-state index in [-0.39, 0.29) is 11.6 Å². The van der Waals surface area contributed by atoms with E-state index in [4.69, 9.17) is 10.6 Å². The monoisotopic (exact) mass is 238 g/mol. The molecule has 0 radical (unpaired) electrons. The van der Waals surface area contributed by atoms with Gasteiger partial charge in [0, 0.05) is 12.1 Å². The summed E-state index contributed by atoms with van der Waals surface area (Å²) in [5.41, 5.74) is 2.28. The van der Waals surface area contributed by atoms with Gasteiger partial charge in [0.1, 0.15) is 18.0 Å². The Bertz CT molecular complexity index is 535. The van der Waals surface area contributed by atoms with E-state index in [1.807, 2.05) is 0 Å². The normalized spacial score (nSPS) is 10.1. The van der Waals surface area contributed by atoms with Crippen molar-refractivity contribution < 1.29 is 13.5 Å². The van der Waals surface area contributed by atoms with Gasteiger partial charge >= 0.3 is 0 Å². The van der Waals surface area contributed by atoms with Gasteiger partial charge in [-0.1, -0.05) is 0 Å². The number of halogens is 2. The van der Waals surface area contributed by atoms with E-state index < -0.39 is 11.6 Å². The number of nitrogens with one attached hydrogen (secondary N) is 1. The molecule has 5 nitrogen and oxygen atoms in total. The summed E-state index contributed by atoms with van der Waals surface area (Å²) < 4.78 is 31.2. The molecule has 88 valence electrons. The summed E-state index contributed by atoms with van der Waals surface area (Å²) in [5.74, 6) is 3.94. The van der Waals surface area contributed by atoms with Crippen molar-refractivity contribution in [3.63, 3.8) is 0 Å². The molecule has 2 aromatic rings. The van der Waals surface area contributed by atoms with Crippen LogP contribution in [0.3, 0.4) is 0 Å². The summed E-state index contributed by atoms with van der Waals surface area (Å²) >= 11 is 0. The van der Waals surface area contributed by atoms with Gasteiger partial charge in [-0.05, 0) is 12.1 Å². The molecule has 1 heterocycles. The highest BCUT2D eigenvalue weighted by Crippen LogP contribution is 2.24. The fourth-order valence-corrected chi connectivity index (χ4v) is 1.14. The molecule has 0 bridgehead atoms. The number of nitrogens with zero attached hydrogens (tertiary/aromatic N) is 2. The van der Waals surface area contributed by atoms with Crippen LogP contribution in [0, 0.1) is 11.6 Å². The summed E-state index contributed by atoms with van der Waals surface area (Å²) in [6.45, 7) is 0. The number of rotatable bonds is 3. The van der Waals surface area contributed by atoms with Crippen LogP contribution in [0.2, 0.25) is 0 Å². The molecule has 0 aliphatic heterocycles. The summed E-state index contributed by atoms with van der Waals surface area (Å²) in [7, 11) is 0. The first-order valence-corrected chi connectivity index (χ1v) is 4.60. The third-order valence-corrected chi connectivity index (χ3v) is 1.90. The van der Waals surface area contributed by atoms with Crippen LogP contribution in [0.15, 0.2) is 30.6 Å². The largest absolute Gasteiger partial charge is 0.436 e. The predicted molar refractivity (Wildman–Crippen MR) is 56.3 cm³/mol. The highest BCUT2D eigenvalue weighted by Gasteiger charge is 2.07. The highest BCUT2D eigenvalue weighted by atomic mass is 19.1. The summed E-state index contributed by atoms with van der Waals surface area (Å²) in [4.78, 5) is 7.48. The van der Waals surface area contributed by atoms with Crippen molar-refractivity contribution in [1.29, 1.82) is 0 Å². The molecule has 0 saturated carbocycles. The molecule has 0 atom stereocenters. The zero-order valence-corrected chi connectivity index (χ0v) is 8.52. The molecule has 17 heavy (non-hydrogen) atoms. The summed E-state index contributed by atoms with van der Waals surface area (Å²) in [6.07, 6.45) is 1.18. The number of hydrazine groups is 1. The van der Waals surface area contributed by atoms with Crippen LogP contribution in [0.1, 0.15) is 0 Å². The third-order valence-electron chi connectivity index (χ3n) is 1.90. The van der Waals surface area contributed by atoms with Gasteiger partial charge in [-0.2, -0.15) is 0 Å². The first-order valence-electron chi connectivity index (χ1n) is 4.60. The Hall–Kier alpha value is -2.28. The van der Waals surface area contributed by atoms with E-state index in [0.29, 0.717) is 5.82 Å². The number of nitrogen functional groups attached to an aromatic ring is 1. The number of aromatic nitrogens is 2. The number of hydrogen-bond acceptors (Lipinski definition) is 5. The van der Waals surface area contributed by atoms with Crippen molar-refractivity contribution in [2.75, 3.05) is 5.43 Å². The Morgan fingerprint density at radius 1 is 1.18 bits per heavy atom. The number of benzene rings is 1. The van der Waals surface area contributed by atoms with E-state index in [1.54, 1.807) is 0 Å². The molecule has 7 heteroatoms. The smallest absolute Gasteiger partial charge is 0.224 e. The van der Waals surface area contributed by atoms with Crippen LogP contribution in [0.4, 0.5) is 14.6 Å². The zero-order chi connectivity index (χ0) is 12.3. The van der Waals surface area contributed by atoms with E-state index in [1.165, 1.54) is 12.4 Å². The Morgan fingerprint density at radius 3 is 2.76 bits per heavy atom. The van der Waals surface area contributed by atoms with Crippen molar-refractivity contribution in [2.24, 2.45) is 5.84 Å². The lowest BCUT2D eigenvalue weighted by Gasteiger charge is -2.06. The maximum Gasteiger partial charge on any atom is 0.224 e. The Labute approximate surface area is 95.2 Å². The lowest BCUT2D eigenvalue weighted by atomic mass is 10.3. The molecule has 0 fully saturated rings. The minimum Gasteiger partial charge on any atom is -0.436 e. The average Bonchev–Trinajstić information content (AvgIpc) is 2.34. The number of hydrogen-bond donors (Lipinski definition) is 2. The van der Waals surface area contributed by atoms with Crippen LogP contribution in [0.25, 0.3) is 0 Å². The van der Waals surface area contributed by atoms with Gasteiger partial charge in [-0.3, -0.25) is 0 Å². The van der Waals surface area contributed by atoms with Gasteiger partial charge in [0.25, 0.3) is 0 Å². The van der Waals surface area contributed by atoms with Gasteiger partial charge in [0.05, 0.1) is 0 Å². The van der Waals surface area contributed by atoms with Gasteiger partial charge < -0.3 is 10.2 Å². The molecule has 3 N–H and O–H groups in total. The number of ether oxygens (including phenoxy) is 1. The van der Waals surface area contributed by atoms with Crippen molar-refractivity contribution >= 4 is 5.82 Å². The van der Waals surface area contributed by atoms with Crippen molar-refractivity contribution in [3.05, 3.63) is 42.2 Å². The second kappa shape index (κ2) is 4.71. The van der Waals surface area contributed by atoms with Crippen molar-refractivity contribution in [1.82, 2.24) is 9.97 Å². The topological polar surface area (TPSA) is 73.1 Å².